The van der Waals surface area contributed by atoms with Crippen molar-refractivity contribution in [2.75, 3.05) is 0 Å². The lowest BCUT2D eigenvalue weighted by Gasteiger charge is -2.59. The summed E-state index contributed by atoms with van der Waals surface area (Å²) >= 11 is 0. The number of aryl methyl sites for hydroxylation is 1. The van der Waals surface area contributed by atoms with Crippen molar-refractivity contribution in [2.24, 2.45) is 0 Å². The SMILES string of the molecule is C[C@@H]1c2ccccc2CC[Si]1([Si](C)(C)c1ccccc1)[Si](C)(C)c1ccccc1. The van der Waals surface area contributed by atoms with Gasteiger partial charge < -0.3 is 0 Å². The van der Waals surface area contributed by atoms with Gasteiger partial charge in [0.05, 0.1) is 22.3 Å². The van der Waals surface area contributed by atoms with E-state index in [9.17, 15) is 0 Å². The topological polar surface area (TPSA) is 0 Å². The van der Waals surface area contributed by atoms with E-state index in [2.05, 4.69) is 118 Å². The quantitative estimate of drug-likeness (QED) is 0.464. The first-order valence-corrected chi connectivity index (χ1v) is 21.3. The van der Waals surface area contributed by atoms with Crippen LogP contribution in [0.1, 0.15) is 23.6 Å². The maximum atomic E-state index is 2.72. The zero-order valence-corrected chi connectivity index (χ0v) is 21.6. The van der Waals surface area contributed by atoms with Crippen LogP contribution >= 0.6 is 0 Å². The second-order valence-electron chi connectivity index (χ2n) is 9.87. The molecule has 1 aliphatic rings. The van der Waals surface area contributed by atoms with E-state index in [0.717, 1.165) is 5.54 Å². The highest BCUT2D eigenvalue weighted by molar-refractivity contribution is 7.74. The Morgan fingerprint density at radius 3 is 1.62 bits per heavy atom. The molecule has 0 N–H and O–H groups in total. The normalized spacial score (nSPS) is 18.9. The van der Waals surface area contributed by atoms with Gasteiger partial charge in [0.15, 0.2) is 0 Å². The third-order valence-electron chi connectivity index (χ3n) is 8.27. The van der Waals surface area contributed by atoms with E-state index >= 15 is 0 Å². The second kappa shape index (κ2) is 7.53. The fourth-order valence-corrected chi connectivity index (χ4v) is 54.0. The summed E-state index contributed by atoms with van der Waals surface area (Å²) in [6.45, 7) is 13.5. The molecule has 1 heterocycles. The third-order valence-corrected chi connectivity index (χ3v) is 49.6. The van der Waals surface area contributed by atoms with Gasteiger partial charge in [0, 0.05) is 0 Å². The summed E-state index contributed by atoms with van der Waals surface area (Å²) in [4.78, 5) is 0. The van der Waals surface area contributed by atoms with Crippen LogP contribution < -0.4 is 10.4 Å². The van der Waals surface area contributed by atoms with E-state index in [-0.39, 0.29) is 0 Å². The number of benzene rings is 3. The summed E-state index contributed by atoms with van der Waals surface area (Å²) in [5, 5.41) is 3.35. The smallest absolute Gasteiger partial charge is 0.0675 e. The molecule has 0 amide bonds. The molecule has 0 unspecified atom stereocenters. The van der Waals surface area contributed by atoms with Gasteiger partial charge in [-0.1, -0.05) is 134 Å². The van der Waals surface area contributed by atoms with Crippen LogP contribution in [0.4, 0.5) is 0 Å². The molecule has 29 heavy (non-hydrogen) atoms. The third kappa shape index (κ3) is 3.06. The van der Waals surface area contributed by atoms with Gasteiger partial charge in [-0.25, -0.2) is 0 Å². The van der Waals surface area contributed by atoms with Crippen LogP contribution in [-0.2, 0) is 6.42 Å². The van der Waals surface area contributed by atoms with Crippen LogP contribution in [0, 0.1) is 0 Å². The zero-order chi connectivity index (χ0) is 20.7. The highest BCUT2D eigenvalue weighted by Gasteiger charge is 2.63. The van der Waals surface area contributed by atoms with Crippen molar-refractivity contribution in [2.45, 2.75) is 51.1 Å². The molecule has 3 heteroatoms. The van der Waals surface area contributed by atoms with Gasteiger partial charge in [-0.15, -0.1) is 0 Å². The molecule has 4 rings (SSSR count). The monoisotopic (exact) mass is 430 g/mol. The standard InChI is InChI=1S/C26H34Si3/c1-22-26-19-13-12-14-23(26)20-21-29(22,27(2,3)24-15-8-6-9-16-24)28(4,5)25-17-10-7-11-18-25/h6-19,22H,20-21H2,1-5H3/t22-/m1/s1. The lowest BCUT2D eigenvalue weighted by atomic mass is 10.0. The van der Waals surface area contributed by atoms with Gasteiger partial charge in [-0.2, -0.15) is 0 Å². The zero-order valence-electron chi connectivity index (χ0n) is 18.6. The molecular weight excluding hydrogens is 397 g/mol. The lowest BCUT2D eigenvalue weighted by molar-refractivity contribution is 0.912. The molecule has 0 saturated heterocycles. The largest absolute Gasteiger partial charge is 0.0729 e. The molecule has 0 fully saturated rings. The molecule has 0 aromatic heterocycles. The molecule has 0 nitrogen and oxygen atoms in total. The molecule has 0 saturated carbocycles. The van der Waals surface area contributed by atoms with Crippen molar-refractivity contribution in [1.29, 1.82) is 0 Å². The van der Waals surface area contributed by atoms with E-state index in [1.165, 1.54) is 12.5 Å². The van der Waals surface area contributed by atoms with Crippen molar-refractivity contribution in [3.63, 3.8) is 0 Å². The second-order valence-corrected chi connectivity index (χ2v) is 35.2. The molecular formula is C26H34Si3. The van der Waals surface area contributed by atoms with E-state index in [1.807, 2.05) is 0 Å². The predicted molar refractivity (Wildman–Crippen MR) is 136 cm³/mol. The summed E-state index contributed by atoms with van der Waals surface area (Å²) in [7, 11) is -5.05. The Balaban J connectivity index is 1.99. The van der Waals surface area contributed by atoms with E-state index in [0.29, 0.717) is 0 Å². The first-order chi connectivity index (χ1) is 13.8. The summed E-state index contributed by atoms with van der Waals surface area (Å²) in [5.41, 5.74) is 3.99. The fourth-order valence-electron chi connectivity index (χ4n) is 6.71. The minimum absolute atomic E-state index is 0.719. The van der Waals surface area contributed by atoms with Crippen molar-refractivity contribution >= 4 is 32.7 Å². The Morgan fingerprint density at radius 1 is 0.655 bits per heavy atom. The average molecular weight is 431 g/mol. The Kier molecular flexibility index (Phi) is 5.34. The van der Waals surface area contributed by atoms with Crippen LogP contribution in [0.25, 0.3) is 0 Å². The van der Waals surface area contributed by atoms with Crippen molar-refractivity contribution in [1.82, 2.24) is 0 Å². The van der Waals surface area contributed by atoms with Crippen LogP contribution in [0.2, 0.25) is 32.2 Å². The number of fused-ring (bicyclic) bond motifs is 1. The van der Waals surface area contributed by atoms with Crippen LogP contribution in [-0.4, -0.2) is 22.3 Å². The average Bonchev–Trinajstić information content (AvgIpc) is 2.75. The fraction of sp³-hybridized carbons (Fsp3) is 0.308. The molecule has 1 aliphatic heterocycles. The predicted octanol–water partition coefficient (Wildman–Crippen LogP) is 5.72. The highest BCUT2D eigenvalue weighted by Crippen LogP contribution is 2.47. The van der Waals surface area contributed by atoms with Crippen molar-refractivity contribution < 1.29 is 0 Å². The Labute approximate surface area is 179 Å². The molecule has 150 valence electrons. The van der Waals surface area contributed by atoms with Crippen LogP contribution in [0.5, 0.6) is 0 Å². The van der Waals surface area contributed by atoms with E-state index in [1.54, 1.807) is 21.5 Å². The van der Waals surface area contributed by atoms with Gasteiger partial charge in [0.2, 0.25) is 0 Å². The first kappa shape index (κ1) is 20.6. The highest BCUT2D eigenvalue weighted by atomic mass is 29.6. The van der Waals surface area contributed by atoms with Gasteiger partial charge >= 0.3 is 0 Å². The van der Waals surface area contributed by atoms with Gasteiger partial charge in [0.1, 0.15) is 0 Å². The minimum atomic E-state index is -1.70. The Morgan fingerprint density at radius 2 is 1.10 bits per heavy atom. The molecule has 0 radical (unpaired) electrons. The van der Waals surface area contributed by atoms with E-state index in [4.69, 9.17) is 0 Å². The number of hydrogen-bond acceptors (Lipinski definition) is 0. The summed E-state index contributed by atoms with van der Waals surface area (Å²) in [6.07, 6.45) is 1.28. The van der Waals surface area contributed by atoms with Gasteiger partial charge in [-0.05, 0) is 23.1 Å². The molecule has 0 spiro atoms. The summed E-state index contributed by atoms with van der Waals surface area (Å²) in [5.74, 6) is 0. The molecule has 1 atom stereocenters. The van der Waals surface area contributed by atoms with Gasteiger partial charge in [-0.3, -0.25) is 0 Å². The number of rotatable bonds is 4. The van der Waals surface area contributed by atoms with Gasteiger partial charge in [0.25, 0.3) is 0 Å². The summed E-state index contributed by atoms with van der Waals surface area (Å²) in [6, 6.07) is 34.0. The van der Waals surface area contributed by atoms with Crippen molar-refractivity contribution in [3.05, 3.63) is 96.1 Å². The lowest BCUT2D eigenvalue weighted by Crippen LogP contribution is -2.83. The molecule has 0 bridgehead atoms. The number of hydrogen-bond donors (Lipinski definition) is 0. The maximum absolute atomic E-state index is 2.72. The molecule has 0 aliphatic carbocycles. The Bertz CT molecular complexity index is 926. The first-order valence-electron chi connectivity index (χ1n) is 11.0. The minimum Gasteiger partial charge on any atom is -0.0675 e. The maximum Gasteiger partial charge on any atom is 0.0729 e. The summed E-state index contributed by atoms with van der Waals surface area (Å²) < 4.78 is 0. The van der Waals surface area contributed by atoms with E-state index < -0.39 is 22.3 Å². The van der Waals surface area contributed by atoms with Crippen molar-refractivity contribution in [3.8, 4) is 0 Å². The van der Waals surface area contributed by atoms with Crippen LogP contribution in [0.3, 0.4) is 0 Å². The molecule has 3 aromatic carbocycles. The van der Waals surface area contributed by atoms with Crippen LogP contribution in [0.15, 0.2) is 84.9 Å². The Hall–Kier alpha value is -1.69. The molecule has 3 aromatic rings.